The lowest BCUT2D eigenvalue weighted by Crippen LogP contribution is -2.32. The molecule has 0 fully saturated rings. The average Bonchev–Trinajstić information content (AvgIpc) is 3.00. The van der Waals surface area contributed by atoms with Crippen molar-refractivity contribution < 1.29 is 0 Å². The predicted molar refractivity (Wildman–Crippen MR) is 110 cm³/mol. The number of allylic oxidation sites excluding steroid dienone is 1. The van der Waals surface area contributed by atoms with E-state index in [-0.39, 0.29) is 5.52 Å². The molecule has 2 aromatic heterocycles. The van der Waals surface area contributed by atoms with Gasteiger partial charge < -0.3 is 9.97 Å². The highest BCUT2D eigenvalue weighted by Gasteiger charge is 2.12. The third kappa shape index (κ3) is 3.22. The molecular formula is C20H15ClN4O2. The zero-order valence-electron chi connectivity index (χ0n) is 14.4. The van der Waals surface area contributed by atoms with Gasteiger partial charge in [0.1, 0.15) is 5.52 Å². The number of hydrogen-bond donors (Lipinski definition) is 2. The Hall–Kier alpha value is -3.38. The average molecular weight is 379 g/mol. The summed E-state index contributed by atoms with van der Waals surface area (Å²) in [6.45, 7) is 1.85. The molecular weight excluding hydrogens is 364 g/mol. The lowest BCUT2D eigenvalue weighted by molar-refractivity contribution is 0.770. The van der Waals surface area contributed by atoms with Gasteiger partial charge in [-0.05, 0) is 36.3 Å². The molecule has 0 bridgehead atoms. The topological polar surface area (TPSA) is 83.0 Å². The maximum absolute atomic E-state index is 12.7. The summed E-state index contributed by atoms with van der Waals surface area (Å²) in [5.41, 5.74) is 2.08. The minimum absolute atomic E-state index is 0.272. The Morgan fingerprint density at radius 1 is 1.07 bits per heavy atom. The number of hydrogen-bond acceptors (Lipinski definition) is 3. The molecule has 27 heavy (non-hydrogen) atoms. The highest BCUT2D eigenvalue weighted by atomic mass is 35.5. The van der Waals surface area contributed by atoms with Crippen LogP contribution in [0.1, 0.15) is 12.5 Å². The van der Waals surface area contributed by atoms with Crippen molar-refractivity contribution in [2.75, 3.05) is 0 Å². The van der Waals surface area contributed by atoms with Crippen LogP contribution in [0.25, 0.3) is 28.0 Å². The normalized spacial score (nSPS) is 12.4. The number of rotatable bonds is 3. The van der Waals surface area contributed by atoms with Crippen molar-refractivity contribution in [2.24, 2.45) is 5.10 Å². The molecule has 0 aliphatic carbocycles. The van der Waals surface area contributed by atoms with Crippen LogP contribution in [0, 0.1) is 0 Å². The fourth-order valence-corrected chi connectivity index (χ4v) is 3.09. The van der Waals surface area contributed by atoms with E-state index in [1.807, 2.05) is 43.3 Å². The van der Waals surface area contributed by atoms with E-state index in [0.717, 1.165) is 15.8 Å². The summed E-state index contributed by atoms with van der Waals surface area (Å²) in [6, 6.07) is 14.9. The summed E-state index contributed by atoms with van der Waals surface area (Å²) in [4.78, 5) is 30.8. The lowest BCUT2D eigenvalue weighted by atomic mass is 10.1. The zero-order chi connectivity index (χ0) is 19.0. The van der Waals surface area contributed by atoms with Gasteiger partial charge in [-0.1, -0.05) is 48.0 Å². The summed E-state index contributed by atoms with van der Waals surface area (Å²) in [6.07, 6.45) is 3.39. The lowest BCUT2D eigenvalue weighted by Gasteiger charge is -1.98. The molecule has 0 aliphatic heterocycles. The first kappa shape index (κ1) is 17.1. The smallest absolute Gasteiger partial charge is 0.349 e. The maximum Gasteiger partial charge on any atom is 0.350 e. The fourth-order valence-electron chi connectivity index (χ4n) is 2.92. The molecule has 0 radical (unpaired) electrons. The molecule has 7 heteroatoms. The van der Waals surface area contributed by atoms with Crippen molar-refractivity contribution in [1.82, 2.24) is 14.6 Å². The van der Waals surface area contributed by atoms with Crippen molar-refractivity contribution in [1.29, 1.82) is 0 Å². The van der Waals surface area contributed by atoms with Gasteiger partial charge in [0.25, 0.3) is 0 Å². The van der Waals surface area contributed by atoms with Gasteiger partial charge in [0.2, 0.25) is 0 Å². The molecule has 0 saturated carbocycles. The van der Waals surface area contributed by atoms with Crippen molar-refractivity contribution in [3.8, 4) is 0 Å². The third-order valence-electron chi connectivity index (χ3n) is 4.16. The van der Waals surface area contributed by atoms with Gasteiger partial charge in [-0.15, -0.1) is 4.68 Å². The van der Waals surface area contributed by atoms with Gasteiger partial charge in [0.05, 0.1) is 11.7 Å². The summed E-state index contributed by atoms with van der Waals surface area (Å²) >= 11 is 6.02. The number of nitrogens with zero attached hydrogens (tertiary/aromatic N) is 2. The molecule has 2 heterocycles. The molecule has 6 nitrogen and oxygen atoms in total. The third-order valence-corrected chi connectivity index (χ3v) is 4.40. The number of fused-ring (bicyclic) bond motifs is 3. The van der Waals surface area contributed by atoms with Crippen LogP contribution >= 0.6 is 11.6 Å². The van der Waals surface area contributed by atoms with Gasteiger partial charge >= 0.3 is 11.2 Å². The summed E-state index contributed by atoms with van der Waals surface area (Å²) in [5.74, 6) is 0. The van der Waals surface area contributed by atoms with Crippen molar-refractivity contribution in [3.05, 3.63) is 85.5 Å². The molecule has 0 atom stereocenters. The summed E-state index contributed by atoms with van der Waals surface area (Å²) < 4.78 is 0.807. The Bertz CT molecular complexity index is 1330. The van der Waals surface area contributed by atoms with E-state index in [0.29, 0.717) is 21.4 Å². The second-order valence-corrected chi connectivity index (χ2v) is 6.59. The Morgan fingerprint density at radius 2 is 1.85 bits per heavy atom. The van der Waals surface area contributed by atoms with Gasteiger partial charge in [0, 0.05) is 15.9 Å². The van der Waals surface area contributed by atoms with Crippen LogP contribution in [0.2, 0.25) is 5.02 Å². The molecule has 2 N–H and O–H groups in total. The molecule has 0 unspecified atom stereocenters. The van der Waals surface area contributed by atoms with E-state index in [1.54, 1.807) is 18.2 Å². The largest absolute Gasteiger partial charge is 0.350 e. The van der Waals surface area contributed by atoms with E-state index in [2.05, 4.69) is 15.1 Å². The molecule has 4 aromatic rings. The molecule has 0 amide bonds. The summed E-state index contributed by atoms with van der Waals surface area (Å²) in [7, 11) is 0. The Labute approximate surface area is 158 Å². The first-order valence-corrected chi connectivity index (χ1v) is 8.65. The quantitative estimate of drug-likeness (QED) is 0.532. The molecule has 2 aromatic carbocycles. The first-order valence-electron chi connectivity index (χ1n) is 8.27. The zero-order valence-corrected chi connectivity index (χ0v) is 15.1. The minimum atomic E-state index is -0.614. The molecule has 0 saturated heterocycles. The number of halogens is 1. The van der Waals surface area contributed by atoms with Crippen molar-refractivity contribution >= 4 is 45.8 Å². The van der Waals surface area contributed by atoms with E-state index >= 15 is 0 Å². The number of aromatic amines is 2. The van der Waals surface area contributed by atoms with Crippen LogP contribution in [0.3, 0.4) is 0 Å². The Morgan fingerprint density at radius 3 is 2.63 bits per heavy atom. The molecule has 0 spiro atoms. The van der Waals surface area contributed by atoms with Crippen LogP contribution in [-0.4, -0.2) is 20.9 Å². The molecule has 134 valence electrons. The van der Waals surface area contributed by atoms with Crippen LogP contribution in [-0.2, 0) is 0 Å². The predicted octanol–water partition coefficient (Wildman–Crippen LogP) is 3.76. The van der Waals surface area contributed by atoms with Gasteiger partial charge in [0.15, 0.2) is 0 Å². The van der Waals surface area contributed by atoms with Crippen molar-refractivity contribution in [3.63, 3.8) is 0 Å². The standard InChI is InChI=1S/C20H15ClN4O2/c1-12(9-13-5-3-2-4-6-13)11-22-25-19(26)18-17(24-20(25)27)15-10-14(21)7-8-16(15)23-18/h2-11,23H,1H3,(H,24,27)/b12-9+,22-11-. The van der Waals surface area contributed by atoms with Crippen molar-refractivity contribution in [2.45, 2.75) is 6.92 Å². The number of benzene rings is 2. The van der Waals surface area contributed by atoms with E-state index in [9.17, 15) is 9.59 Å². The molecule has 4 rings (SSSR count). The maximum atomic E-state index is 12.7. The fraction of sp³-hybridized carbons (Fsp3) is 0.0500. The van der Waals surface area contributed by atoms with Crippen LogP contribution in [0.15, 0.2) is 68.8 Å². The Kier molecular flexibility index (Phi) is 4.25. The highest BCUT2D eigenvalue weighted by molar-refractivity contribution is 6.31. The van der Waals surface area contributed by atoms with Gasteiger partial charge in [-0.25, -0.2) is 4.79 Å². The van der Waals surface area contributed by atoms with Gasteiger partial charge in [-0.2, -0.15) is 5.10 Å². The number of aromatic nitrogens is 3. The number of nitrogens with one attached hydrogen (secondary N) is 2. The Balaban J connectivity index is 1.81. The van der Waals surface area contributed by atoms with Gasteiger partial charge in [-0.3, -0.25) is 4.79 Å². The van der Waals surface area contributed by atoms with Crippen LogP contribution < -0.4 is 11.2 Å². The van der Waals surface area contributed by atoms with E-state index in [4.69, 9.17) is 11.6 Å². The van der Waals surface area contributed by atoms with Crippen LogP contribution in [0.4, 0.5) is 0 Å². The van der Waals surface area contributed by atoms with E-state index < -0.39 is 11.2 Å². The van der Waals surface area contributed by atoms with E-state index in [1.165, 1.54) is 6.21 Å². The second kappa shape index (κ2) is 6.74. The minimum Gasteiger partial charge on any atom is -0.349 e. The first-order chi connectivity index (χ1) is 13.0. The summed E-state index contributed by atoms with van der Waals surface area (Å²) in [5, 5.41) is 5.27. The highest BCUT2D eigenvalue weighted by Crippen LogP contribution is 2.24. The monoisotopic (exact) mass is 378 g/mol. The SMILES string of the molecule is CC(/C=N\n1c(=O)[nH]c2c([nH]c3ccc(Cl)cc32)c1=O)=C\c1ccccc1. The second-order valence-electron chi connectivity index (χ2n) is 6.16. The molecule has 0 aliphatic rings. The van der Waals surface area contributed by atoms with Crippen LogP contribution in [0.5, 0.6) is 0 Å². The number of H-pyrrole nitrogens is 2.